The van der Waals surface area contributed by atoms with Crippen LogP contribution in [0.2, 0.25) is 0 Å². The summed E-state index contributed by atoms with van der Waals surface area (Å²) >= 11 is 0. The van der Waals surface area contributed by atoms with Crippen LogP contribution in [-0.4, -0.2) is 80.3 Å². The molecule has 1 aliphatic heterocycles. The Hall–Kier alpha value is -6.25. The van der Waals surface area contributed by atoms with Gasteiger partial charge in [0.1, 0.15) is 47.3 Å². The number of rotatable bonds is 16. The third-order valence-electron chi connectivity index (χ3n) is 10.8. The Balaban J connectivity index is 1.07. The fraction of sp³-hybridized carbons (Fsp3) is 0.283. The summed E-state index contributed by atoms with van der Waals surface area (Å²) in [5.41, 5.74) is 12.5. The van der Waals surface area contributed by atoms with Gasteiger partial charge in [0.05, 0.1) is 38.5 Å². The van der Waals surface area contributed by atoms with Gasteiger partial charge >= 0.3 is 0 Å². The SMILES string of the molecule is COc1ccc(C(OC[C@H]2O[C@@H](n3cnc4c(N)ncnc43)[C@H](O)[C@@H]2OCCCCc2ccnc(-c3cc(C)ccn3)c2)(c2ccccc2)c2ccc(OC)cc2)cc1. The number of nitrogens with two attached hydrogens (primary N) is 1. The minimum Gasteiger partial charge on any atom is -0.497 e. The maximum Gasteiger partial charge on any atom is 0.167 e. The molecule has 13 nitrogen and oxygen atoms in total. The lowest BCUT2D eigenvalue weighted by atomic mass is 9.80. The number of aliphatic hydroxyl groups excluding tert-OH is 1. The van der Waals surface area contributed by atoms with E-state index in [1.165, 1.54) is 6.33 Å². The Labute approximate surface area is 342 Å². The Morgan fingerprint density at radius 2 is 1.42 bits per heavy atom. The van der Waals surface area contributed by atoms with Gasteiger partial charge in [0.2, 0.25) is 0 Å². The molecule has 0 spiro atoms. The minimum atomic E-state index is -1.11. The molecule has 1 saturated heterocycles. The Kier molecular flexibility index (Phi) is 11.9. The summed E-state index contributed by atoms with van der Waals surface area (Å²) in [4.78, 5) is 22.0. The standard InChI is InChI=1S/C46H47N7O6/c1-30-20-22-48-37(25-30)38-26-31(21-23-49-38)9-7-8-24-57-42-39(59-45(41(42)54)53-29-52-40-43(47)50-28-51-44(40)53)27-58-46(32-10-5-4-6-11-32,33-12-16-35(55-2)17-13-33)34-14-18-36(56-3)19-15-34/h4-6,10-23,25-26,28-29,39,41-42,45,54H,7-9,24,27H2,1-3H3,(H2,47,50,51)/t39-,41-,42-,45-/m1/s1. The molecule has 59 heavy (non-hydrogen) atoms. The predicted octanol–water partition coefficient (Wildman–Crippen LogP) is 6.87. The summed E-state index contributed by atoms with van der Waals surface area (Å²) in [6.07, 6.45) is 5.50. The number of nitrogens with zero attached hydrogens (tertiary/aromatic N) is 6. The monoisotopic (exact) mass is 793 g/mol. The fourth-order valence-electron chi connectivity index (χ4n) is 7.72. The van der Waals surface area contributed by atoms with Gasteiger partial charge in [0, 0.05) is 19.0 Å². The lowest BCUT2D eigenvalue weighted by Crippen LogP contribution is -2.41. The number of aromatic nitrogens is 6. The number of anilines is 1. The van der Waals surface area contributed by atoms with E-state index in [0.29, 0.717) is 29.3 Å². The second kappa shape index (κ2) is 17.7. The second-order valence-corrected chi connectivity index (χ2v) is 14.5. The van der Waals surface area contributed by atoms with E-state index in [9.17, 15) is 5.11 Å². The molecule has 0 radical (unpaired) electrons. The third-order valence-corrected chi connectivity index (χ3v) is 10.8. The van der Waals surface area contributed by atoms with Crippen molar-refractivity contribution in [3.05, 3.63) is 156 Å². The Morgan fingerprint density at radius 1 is 0.763 bits per heavy atom. The van der Waals surface area contributed by atoms with E-state index in [2.05, 4.69) is 31.0 Å². The molecule has 3 aromatic carbocycles. The van der Waals surface area contributed by atoms with Crippen LogP contribution in [-0.2, 0) is 26.2 Å². The number of aryl methyl sites for hydroxylation is 2. The molecule has 13 heteroatoms. The first-order chi connectivity index (χ1) is 28.9. The van der Waals surface area contributed by atoms with Crippen molar-refractivity contribution in [1.29, 1.82) is 0 Å². The van der Waals surface area contributed by atoms with Crippen molar-refractivity contribution in [2.45, 2.75) is 56.3 Å². The van der Waals surface area contributed by atoms with Crippen LogP contribution in [0.3, 0.4) is 0 Å². The molecule has 0 amide bonds. The summed E-state index contributed by atoms with van der Waals surface area (Å²) in [5.74, 6) is 1.67. The number of fused-ring (bicyclic) bond motifs is 1. The van der Waals surface area contributed by atoms with Crippen LogP contribution >= 0.6 is 0 Å². The number of benzene rings is 3. The lowest BCUT2D eigenvalue weighted by molar-refractivity contribution is -0.103. The van der Waals surface area contributed by atoms with Crippen LogP contribution in [0.5, 0.6) is 11.5 Å². The van der Waals surface area contributed by atoms with E-state index in [4.69, 9.17) is 29.4 Å². The summed E-state index contributed by atoms with van der Waals surface area (Å²) in [5, 5.41) is 12.0. The van der Waals surface area contributed by atoms with Crippen LogP contribution < -0.4 is 15.2 Å². The summed E-state index contributed by atoms with van der Waals surface area (Å²) in [7, 11) is 3.28. The number of hydrogen-bond acceptors (Lipinski definition) is 12. The Bertz CT molecular complexity index is 2420. The molecule has 4 atom stereocenters. The Morgan fingerprint density at radius 3 is 2.10 bits per heavy atom. The van der Waals surface area contributed by atoms with Gasteiger partial charge in [-0.25, -0.2) is 15.0 Å². The van der Waals surface area contributed by atoms with Gasteiger partial charge in [0.25, 0.3) is 0 Å². The molecular formula is C46H47N7O6. The topological polar surface area (TPSA) is 162 Å². The van der Waals surface area contributed by atoms with Crippen LogP contribution in [0.4, 0.5) is 5.82 Å². The van der Waals surface area contributed by atoms with Gasteiger partial charge in [-0.3, -0.25) is 14.5 Å². The highest BCUT2D eigenvalue weighted by Crippen LogP contribution is 2.43. The van der Waals surface area contributed by atoms with Gasteiger partial charge < -0.3 is 34.5 Å². The van der Waals surface area contributed by atoms with Crippen molar-refractivity contribution in [2.75, 3.05) is 33.2 Å². The van der Waals surface area contributed by atoms with E-state index in [0.717, 1.165) is 58.5 Å². The molecule has 4 aromatic heterocycles. The van der Waals surface area contributed by atoms with Crippen LogP contribution in [0.1, 0.15) is 46.9 Å². The van der Waals surface area contributed by atoms with E-state index < -0.39 is 30.1 Å². The first-order valence-corrected chi connectivity index (χ1v) is 19.6. The van der Waals surface area contributed by atoms with Gasteiger partial charge in [-0.2, -0.15) is 0 Å². The molecule has 3 N–H and O–H groups in total. The molecule has 1 fully saturated rings. The highest BCUT2D eigenvalue weighted by Gasteiger charge is 2.48. The number of unbranched alkanes of at least 4 members (excludes halogenated alkanes) is 1. The van der Waals surface area contributed by atoms with Crippen LogP contribution in [0.25, 0.3) is 22.6 Å². The molecule has 302 valence electrons. The second-order valence-electron chi connectivity index (χ2n) is 14.5. The van der Waals surface area contributed by atoms with E-state index in [1.54, 1.807) is 31.3 Å². The van der Waals surface area contributed by atoms with Crippen LogP contribution in [0, 0.1) is 6.92 Å². The van der Waals surface area contributed by atoms with Crippen molar-refractivity contribution in [1.82, 2.24) is 29.5 Å². The first kappa shape index (κ1) is 39.6. The molecule has 5 heterocycles. The number of imidazole rings is 1. The van der Waals surface area contributed by atoms with Gasteiger partial charge in [-0.05, 0) is 103 Å². The molecule has 0 aliphatic carbocycles. The predicted molar refractivity (Wildman–Crippen MR) is 223 cm³/mol. The fourth-order valence-corrected chi connectivity index (χ4v) is 7.72. The van der Waals surface area contributed by atoms with Crippen molar-refractivity contribution in [3.63, 3.8) is 0 Å². The zero-order chi connectivity index (χ0) is 40.8. The average molecular weight is 794 g/mol. The first-order valence-electron chi connectivity index (χ1n) is 19.6. The quantitative estimate of drug-likeness (QED) is 0.0773. The summed E-state index contributed by atoms with van der Waals surface area (Å²) in [6.45, 7) is 2.47. The zero-order valence-corrected chi connectivity index (χ0v) is 33.2. The molecule has 8 rings (SSSR count). The van der Waals surface area contributed by atoms with Crippen LogP contribution in [0.15, 0.2) is 128 Å². The molecule has 7 aromatic rings. The number of ether oxygens (including phenoxy) is 5. The third kappa shape index (κ3) is 8.23. The van der Waals surface area contributed by atoms with Crippen molar-refractivity contribution >= 4 is 17.0 Å². The lowest BCUT2D eigenvalue weighted by Gasteiger charge is -2.37. The number of aliphatic hydroxyl groups is 1. The van der Waals surface area contributed by atoms with E-state index in [1.807, 2.05) is 110 Å². The molecule has 0 saturated carbocycles. The van der Waals surface area contributed by atoms with Crippen molar-refractivity contribution in [3.8, 4) is 22.9 Å². The van der Waals surface area contributed by atoms with Crippen molar-refractivity contribution in [2.24, 2.45) is 0 Å². The number of hydrogen-bond donors (Lipinski definition) is 2. The van der Waals surface area contributed by atoms with Gasteiger partial charge in [-0.1, -0.05) is 54.6 Å². The highest BCUT2D eigenvalue weighted by molar-refractivity contribution is 5.81. The smallest absolute Gasteiger partial charge is 0.167 e. The maximum absolute atomic E-state index is 12.0. The van der Waals surface area contributed by atoms with E-state index >= 15 is 0 Å². The summed E-state index contributed by atoms with van der Waals surface area (Å²) in [6, 6.07) is 33.8. The number of nitrogen functional groups attached to an aromatic ring is 1. The zero-order valence-electron chi connectivity index (χ0n) is 33.2. The molecular weight excluding hydrogens is 747 g/mol. The molecule has 1 aliphatic rings. The van der Waals surface area contributed by atoms with Crippen molar-refractivity contribution < 1.29 is 28.8 Å². The number of pyridine rings is 2. The van der Waals surface area contributed by atoms with E-state index in [-0.39, 0.29) is 12.4 Å². The highest BCUT2D eigenvalue weighted by atomic mass is 16.6. The minimum absolute atomic E-state index is 0.0434. The average Bonchev–Trinajstić information content (AvgIpc) is 3.85. The largest absolute Gasteiger partial charge is 0.497 e. The maximum atomic E-state index is 12.0. The summed E-state index contributed by atoms with van der Waals surface area (Å²) < 4.78 is 33.3. The normalized spacial score (nSPS) is 18.0. The molecule has 0 unspecified atom stereocenters. The van der Waals surface area contributed by atoms with Gasteiger partial charge in [0.15, 0.2) is 17.7 Å². The molecule has 0 bridgehead atoms. The number of methoxy groups -OCH3 is 2. The van der Waals surface area contributed by atoms with Gasteiger partial charge in [-0.15, -0.1) is 0 Å².